The molecule has 0 heterocycles. The summed E-state index contributed by atoms with van der Waals surface area (Å²) in [6.45, 7) is 1.37. The van der Waals surface area contributed by atoms with Crippen LogP contribution in [-0.2, 0) is 19.6 Å². The molecule has 30 heavy (non-hydrogen) atoms. The monoisotopic (exact) mass is 474 g/mol. The van der Waals surface area contributed by atoms with Gasteiger partial charge in [-0.15, -0.1) is 0 Å². The number of rotatable bonds is 8. The Kier molecular flexibility index (Phi) is 7.94. The molecule has 0 unspecified atom stereocenters. The first-order valence-corrected chi connectivity index (χ1v) is 11.2. The molecule has 0 bridgehead atoms. The SMILES string of the molecule is CCOC(=O)c1ccc(NC(=O)CN(c2ccc(OC)c(Cl)c2)S(C)(=O)=O)cc1Cl. The summed E-state index contributed by atoms with van der Waals surface area (Å²) in [6.07, 6.45) is 0.976. The standard InChI is InChI=1S/C19H20Cl2N2O6S/c1-4-29-19(25)14-7-5-12(9-15(14)20)22-18(24)11-23(30(3,26)27)13-6-8-17(28-2)16(21)10-13/h5-10H,4,11H2,1-3H3,(H,22,24). The Hall–Kier alpha value is -2.49. The summed E-state index contributed by atoms with van der Waals surface area (Å²) in [5.41, 5.74) is 0.649. The second-order valence-electron chi connectivity index (χ2n) is 6.05. The number of amides is 1. The first-order chi connectivity index (χ1) is 14.1. The number of carbonyl (C=O) groups excluding carboxylic acids is 2. The Bertz CT molecular complexity index is 1060. The zero-order chi connectivity index (χ0) is 22.5. The highest BCUT2D eigenvalue weighted by Gasteiger charge is 2.22. The number of anilines is 2. The summed E-state index contributed by atoms with van der Waals surface area (Å²) in [5, 5.41) is 2.84. The molecule has 0 atom stereocenters. The summed E-state index contributed by atoms with van der Waals surface area (Å²) in [5.74, 6) is -0.832. The van der Waals surface area contributed by atoms with Crippen molar-refractivity contribution in [2.24, 2.45) is 0 Å². The van der Waals surface area contributed by atoms with Gasteiger partial charge in [-0.3, -0.25) is 9.10 Å². The van der Waals surface area contributed by atoms with E-state index in [1.165, 1.54) is 43.5 Å². The van der Waals surface area contributed by atoms with Crippen LogP contribution in [0.5, 0.6) is 5.75 Å². The van der Waals surface area contributed by atoms with Crippen molar-refractivity contribution in [2.75, 3.05) is 36.1 Å². The van der Waals surface area contributed by atoms with Gasteiger partial charge in [-0.05, 0) is 43.3 Å². The van der Waals surface area contributed by atoms with E-state index in [-0.39, 0.29) is 27.9 Å². The molecule has 0 fully saturated rings. The van der Waals surface area contributed by atoms with Crippen molar-refractivity contribution < 1.29 is 27.5 Å². The van der Waals surface area contributed by atoms with Gasteiger partial charge in [-0.2, -0.15) is 0 Å². The van der Waals surface area contributed by atoms with Gasteiger partial charge in [0, 0.05) is 5.69 Å². The first kappa shape index (κ1) is 23.8. The summed E-state index contributed by atoms with van der Waals surface area (Å²) < 4.78 is 35.3. The molecule has 0 radical (unpaired) electrons. The number of sulfonamides is 1. The normalized spacial score (nSPS) is 11.0. The Balaban J connectivity index is 2.20. The van der Waals surface area contributed by atoms with Gasteiger partial charge in [-0.25, -0.2) is 13.2 Å². The van der Waals surface area contributed by atoms with Crippen molar-refractivity contribution in [1.29, 1.82) is 0 Å². The van der Waals surface area contributed by atoms with E-state index in [0.29, 0.717) is 11.4 Å². The Labute approximate surface area is 184 Å². The van der Waals surface area contributed by atoms with E-state index >= 15 is 0 Å². The maximum atomic E-state index is 12.5. The van der Waals surface area contributed by atoms with E-state index in [4.69, 9.17) is 32.7 Å². The highest BCUT2D eigenvalue weighted by molar-refractivity contribution is 7.92. The Morgan fingerprint density at radius 2 is 1.80 bits per heavy atom. The lowest BCUT2D eigenvalue weighted by molar-refractivity contribution is -0.114. The summed E-state index contributed by atoms with van der Waals surface area (Å²) in [6, 6.07) is 8.62. The van der Waals surface area contributed by atoms with Crippen LogP contribution >= 0.6 is 23.2 Å². The van der Waals surface area contributed by atoms with Gasteiger partial charge in [0.2, 0.25) is 15.9 Å². The maximum absolute atomic E-state index is 12.5. The summed E-state index contributed by atoms with van der Waals surface area (Å²) in [4.78, 5) is 24.3. The zero-order valence-electron chi connectivity index (χ0n) is 16.4. The predicted octanol–water partition coefficient (Wildman–Crippen LogP) is 3.58. The molecule has 8 nitrogen and oxygen atoms in total. The fourth-order valence-corrected chi connectivity index (χ4v) is 3.87. The number of nitrogens with zero attached hydrogens (tertiary/aromatic N) is 1. The molecule has 0 aliphatic carbocycles. The van der Waals surface area contributed by atoms with Gasteiger partial charge >= 0.3 is 5.97 Å². The zero-order valence-corrected chi connectivity index (χ0v) is 18.8. The molecule has 11 heteroatoms. The van der Waals surface area contributed by atoms with Crippen molar-refractivity contribution in [3.05, 3.63) is 52.0 Å². The van der Waals surface area contributed by atoms with Gasteiger partial charge in [0.25, 0.3) is 0 Å². The molecule has 162 valence electrons. The average Bonchev–Trinajstić information content (AvgIpc) is 2.65. The van der Waals surface area contributed by atoms with Crippen LogP contribution in [0, 0.1) is 0 Å². The van der Waals surface area contributed by atoms with Crippen LogP contribution in [0.3, 0.4) is 0 Å². The molecule has 1 N–H and O–H groups in total. The van der Waals surface area contributed by atoms with E-state index in [1.54, 1.807) is 6.92 Å². The molecule has 0 aliphatic heterocycles. The van der Waals surface area contributed by atoms with Crippen molar-refractivity contribution in [3.8, 4) is 5.75 Å². The highest BCUT2D eigenvalue weighted by atomic mass is 35.5. The van der Waals surface area contributed by atoms with Gasteiger partial charge in [0.05, 0.1) is 41.3 Å². The fourth-order valence-electron chi connectivity index (χ4n) is 2.51. The minimum Gasteiger partial charge on any atom is -0.495 e. The maximum Gasteiger partial charge on any atom is 0.339 e. The van der Waals surface area contributed by atoms with Crippen LogP contribution in [0.25, 0.3) is 0 Å². The van der Waals surface area contributed by atoms with Crippen LogP contribution in [0.4, 0.5) is 11.4 Å². The van der Waals surface area contributed by atoms with Gasteiger partial charge < -0.3 is 14.8 Å². The van der Waals surface area contributed by atoms with Gasteiger partial charge in [0.1, 0.15) is 12.3 Å². The van der Waals surface area contributed by atoms with E-state index in [9.17, 15) is 18.0 Å². The average molecular weight is 475 g/mol. The lowest BCUT2D eigenvalue weighted by Crippen LogP contribution is -2.37. The van der Waals surface area contributed by atoms with Crippen LogP contribution in [0.15, 0.2) is 36.4 Å². The molecular weight excluding hydrogens is 455 g/mol. The number of carbonyl (C=O) groups is 2. The van der Waals surface area contributed by atoms with Crippen molar-refractivity contribution in [2.45, 2.75) is 6.92 Å². The third kappa shape index (κ3) is 6.01. The smallest absolute Gasteiger partial charge is 0.339 e. The molecular formula is C19H20Cl2N2O6S. The second kappa shape index (κ2) is 10.0. The van der Waals surface area contributed by atoms with E-state index in [2.05, 4.69) is 5.32 Å². The van der Waals surface area contributed by atoms with Crippen molar-refractivity contribution >= 4 is 56.5 Å². The lowest BCUT2D eigenvalue weighted by Gasteiger charge is -2.22. The number of ether oxygens (including phenoxy) is 2. The molecule has 2 aromatic carbocycles. The van der Waals surface area contributed by atoms with Crippen LogP contribution < -0.4 is 14.4 Å². The number of hydrogen-bond donors (Lipinski definition) is 1. The van der Waals surface area contributed by atoms with Crippen molar-refractivity contribution in [1.82, 2.24) is 0 Å². The summed E-state index contributed by atoms with van der Waals surface area (Å²) in [7, 11) is -2.36. The second-order valence-corrected chi connectivity index (χ2v) is 8.77. The topological polar surface area (TPSA) is 102 Å². The largest absolute Gasteiger partial charge is 0.495 e. The lowest BCUT2D eigenvalue weighted by atomic mass is 10.2. The third-order valence-corrected chi connectivity index (χ3v) is 5.61. The van der Waals surface area contributed by atoms with E-state index in [1.807, 2.05) is 0 Å². The molecule has 2 aromatic rings. The van der Waals surface area contributed by atoms with E-state index < -0.39 is 28.4 Å². The number of esters is 1. The molecule has 0 saturated carbocycles. The van der Waals surface area contributed by atoms with Crippen molar-refractivity contribution in [3.63, 3.8) is 0 Å². The number of nitrogens with one attached hydrogen (secondary N) is 1. The quantitative estimate of drug-likeness (QED) is 0.586. The Morgan fingerprint density at radius 3 is 2.33 bits per heavy atom. The molecule has 1 amide bonds. The van der Waals surface area contributed by atoms with Gasteiger partial charge in [0.15, 0.2) is 0 Å². The van der Waals surface area contributed by atoms with Crippen LogP contribution in [0.1, 0.15) is 17.3 Å². The highest BCUT2D eigenvalue weighted by Crippen LogP contribution is 2.30. The molecule has 2 rings (SSSR count). The molecule has 0 aliphatic rings. The van der Waals surface area contributed by atoms with Crippen LogP contribution in [-0.4, -0.2) is 46.8 Å². The number of halogens is 2. The van der Waals surface area contributed by atoms with E-state index in [0.717, 1.165) is 10.6 Å². The Morgan fingerprint density at radius 1 is 1.10 bits per heavy atom. The minimum atomic E-state index is -3.79. The molecule has 0 saturated heterocycles. The number of benzene rings is 2. The summed E-state index contributed by atoms with van der Waals surface area (Å²) >= 11 is 12.1. The van der Waals surface area contributed by atoms with Crippen LogP contribution in [0.2, 0.25) is 10.0 Å². The first-order valence-electron chi connectivity index (χ1n) is 8.64. The number of hydrogen-bond acceptors (Lipinski definition) is 6. The molecule has 0 aromatic heterocycles. The third-order valence-electron chi connectivity index (χ3n) is 3.86. The molecule has 0 spiro atoms. The number of methoxy groups -OCH3 is 1. The predicted molar refractivity (Wildman–Crippen MR) is 116 cm³/mol. The minimum absolute atomic E-state index is 0.0909. The van der Waals surface area contributed by atoms with Gasteiger partial charge in [-0.1, -0.05) is 23.2 Å². The fraction of sp³-hybridized carbons (Fsp3) is 0.263.